The molecule has 0 aliphatic rings. The van der Waals surface area contributed by atoms with E-state index >= 15 is 0 Å². The third kappa shape index (κ3) is 4.83. The van der Waals surface area contributed by atoms with E-state index in [1.165, 1.54) is 0 Å². The summed E-state index contributed by atoms with van der Waals surface area (Å²) in [4.78, 5) is 11.9. The third-order valence-corrected chi connectivity index (χ3v) is 3.82. The second kappa shape index (κ2) is 8.34. The fourth-order valence-electron chi connectivity index (χ4n) is 2.52. The maximum atomic E-state index is 11.9. The van der Waals surface area contributed by atoms with Gasteiger partial charge in [-0.3, -0.25) is 4.79 Å². The lowest BCUT2D eigenvalue weighted by Gasteiger charge is -2.14. The lowest BCUT2D eigenvalue weighted by atomic mass is 10.0. The summed E-state index contributed by atoms with van der Waals surface area (Å²) in [7, 11) is 0. The lowest BCUT2D eigenvalue weighted by molar-refractivity contribution is 0.0955. The van der Waals surface area contributed by atoms with E-state index in [2.05, 4.69) is 22.8 Å². The predicted molar refractivity (Wildman–Crippen MR) is 95.7 cm³/mol. The van der Waals surface area contributed by atoms with Crippen LogP contribution in [0.25, 0.3) is 0 Å². The monoisotopic (exact) mass is 311 g/mol. The summed E-state index contributed by atoms with van der Waals surface area (Å²) in [5.41, 5.74) is 10.0. The molecule has 1 unspecified atom stereocenters. The van der Waals surface area contributed by atoms with Crippen molar-refractivity contribution in [2.45, 2.75) is 26.3 Å². The molecule has 0 fully saturated rings. The summed E-state index contributed by atoms with van der Waals surface area (Å²) in [5.74, 6) is -0.0253. The molecule has 2 rings (SSSR count). The number of anilines is 1. The molecule has 23 heavy (non-hydrogen) atoms. The zero-order chi connectivity index (χ0) is 16.7. The Morgan fingerprint density at radius 2 is 1.91 bits per heavy atom. The Hall–Kier alpha value is -2.33. The van der Waals surface area contributed by atoms with Crippen LogP contribution in [0.2, 0.25) is 0 Å². The number of amides is 1. The number of benzene rings is 2. The Labute approximate surface area is 138 Å². The molecule has 0 aliphatic heterocycles. The van der Waals surface area contributed by atoms with Crippen molar-refractivity contribution in [3.05, 3.63) is 65.2 Å². The van der Waals surface area contributed by atoms with Gasteiger partial charge in [0.15, 0.2) is 0 Å². The summed E-state index contributed by atoms with van der Waals surface area (Å²) < 4.78 is 0. The van der Waals surface area contributed by atoms with E-state index in [0.29, 0.717) is 6.54 Å². The molecule has 0 radical (unpaired) electrons. The Bertz CT molecular complexity index is 640. The van der Waals surface area contributed by atoms with Crippen LogP contribution in [0.4, 0.5) is 5.69 Å². The lowest BCUT2D eigenvalue weighted by Crippen LogP contribution is -2.23. The van der Waals surface area contributed by atoms with Crippen LogP contribution in [0, 0.1) is 6.92 Å². The molecule has 122 valence electrons. The van der Waals surface area contributed by atoms with Crippen LogP contribution in [0.5, 0.6) is 0 Å². The van der Waals surface area contributed by atoms with Crippen molar-refractivity contribution in [3.8, 4) is 0 Å². The van der Waals surface area contributed by atoms with Crippen molar-refractivity contribution in [1.82, 2.24) is 5.32 Å². The zero-order valence-electron chi connectivity index (χ0n) is 13.8. The second-order valence-electron chi connectivity index (χ2n) is 5.62. The van der Waals surface area contributed by atoms with E-state index in [1.54, 1.807) is 0 Å². The van der Waals surface area contributed by atoms with Crippen molar-refractivity contribution < 1.29 is 4.79 Å². The minimum absolute atomic E-state index is 0.0253. The van der Waals surface area contributed by atoms with Gasteiger partial charge in [-0.2, -0.15) is 0 Å². The standard InChI is InChI=1S/C19H25N3O/c1-3-21-19(23)17-10-9-16(13-14(17)2)22-12-11-18(20)15-7-5-4-6-8-15/h4-10,13,18,22H,3,11-12,20H2,1-2H3,(H,21,23). The van der Waals surface area contributed by atoms with Crippen LogP contribution in [-0.4, -0.2) is 19.0 Å². The highest BCUT2D eigenvalue weighted by molar-refractivity contribution is 5.96. The van der Waals surface area contributed by atoms with Gasteiger partial charge in [-0.25, -0.2) is 0 Å². The van der Waals surface area contributed by atoms with Gasteiger partial charge in [0.1, 0.15) is 0 Å². The largest absolute Gasteiger partial charge is 0.385 e. The quantitative estimate of drug-likeness (QED) is 0.735. The molecule has 0 aliphatic carbocycles. The number of nitrogens with two attached hydrogens (primary N) is 1. The van der Waals surface area contributed by atoms with Gasteiger partial charge in [0.05, 0.1) is 0 Å². The highest BCUT2D eigenvalue weighted by Crippen LogP contribution is 2.17. The molecule has 2 aromatic rings. The third-order valence-electron chi connectivity index (χ3n) is 3.82. The van der Waals surface area contributed by atoms with Gasteiger partial charge in [-0.1, -0.05) is 30.3 Å². The average Bonchev–Trinajstić information content (AvgIpc) is 2.56. The number of nitrogens with one attached hydrogen (secondary N) is 2. The highest BCUT2D eigenvalue weighted by Gasteiger charge is 2.09. The molecule has 4 nitrogen and oxygen atoms in total. The van der Waals surface area contributed by atoms with Crippen molar-refractivity contribution in [3.63, 3.8) is 0 Å². The Balaban J connectivity index is 1.89. The van der Waals surface area contributed by atoms with Gasteiger partial charge >= 0.3 is 0 Å². The van der Waals surface area contributed by atoms with Crippen LogP contribution < -0.4 is 16.4 Å². The fraction of sp³-hybridized carbons (Fsp3) is 0.316. The van der Waals surface area contributed by atoms with Crippen LogP contribution in [0.15, 0.2) is 48.5 Å². The first kappa shape index (κ1) is 17.0. The Morgan fingerprint density at radius 1 is 1.17 bits per heavy atom. The van der Waals surface area contributed by atoms with Crippen LogP contribution in [-0.2, 0) is 0 Å². The van der Waals surface area contributed by atoms with Crippen LogP contribution in [0.1, 0.15) is 40.9 Å². The van der Waals surface area contributed by atoms with E-state index in [-0.39, 0.29) is 11.9 Å². The Kier molecular flexibility index (Phi) is 6.18. The van der Waals surface area contributed by atoms with E-state index in [4.69, 9.17) is 5.73 Å². The smallest absolute Gasteiger partial charge is 0.251 e. The van der Waals surface area contributed by atoms with Crippen LogP contribution in [0.3, 0.4) is 0 Å². The SMILES string of the molecule is CCNC(=O)c1ccc(NCCC(N)c2ccccc2)cc1C. The zero-order valence-corrected chi connectivity index (χ0v) is 13.8. The van der Waals surface area contributed by atoms with Crippen molar-refractivity contribution in [2.75, 3.05) is 18.4 Å². The normalized spacial score (nSPS) is 11.8. The molecule has 0 heterocycles. The van der Waals surface area contributed by atoms with Crippen molar-refractivity contribution >= 4 is 11.6 Å². The first-order valence-electron chi connectivity index (χ1n) is 8.05. The number of carbonyl (C=O) groups excluding carboxylic acids is 1. The molecule has 4 N–H and O–H groups in total. The summed E-state index contributed by atoms with van der Waals surface area (Å²) in [6.07, 6.45) is 0.848. The summed E-state index contributed by atoms with van der Waals surface area (Å²) in [5, 5.41) is 6.20. The molecule has 2 aromatic carbocycles. The van der Waals surface area contributed by atoms with E-state index in [1.807, 2.05) is 50.2 Å². The van der Waals surface area contributed by atoms with Gasteiger partial charge in [-0.15, -0.1) is 0 Å². The molecule has 4 heteroatoms. The topological polar surface area (TPSA) is 67.2 Å². The molecule has 0 saturated carbocycles. The maximum Gasteiger partial charge on any atom is 0.251 e. The second-order valence-corrected chi connectivity index (χ2v) is 5.62. The fourth-order valence-corrected chi connectivity index (χ4v) is 2.52. The number of hydrogen-bond donors (Lipinski definition) is 3. The molecular formula is C19H25N3O. The number of carbonyl (C=O) groups is 1. The Morgan fingerprint density at radius 3 is 2.57 bits per heavy atom. The number of aryl methyl sites for hydroxylation is 1. The first-order chi connectivity index (χ1) is 11.1. The highest BCUT2D eigenvalue weighted by atomic mass is 16.1. The van der Waals surface area contributed by atoms with Crippen molar-refractivity contribution in [2.24, 2.45) is 5.73 Å². The minimum Gasteiger partial charge on any atom is -0.385 e. The summed E-state index contributed by atoms with van der Waals surface area (Å²) in [6, 6.07) is 15.9. The predicted octanol–water partition coefficient (Wildman–Crippen LogP) is 3.25. The average molecular weight is 311 g/mol. The van der Waals surface area contributed by atoms with E-state index in [0.717, 1.165) is 35.3 Å². The molecule has 0 aromatic heterocycles. The van der Waals surface area contributed by atoms with Gasteiger partial charge in [0.2, 0.25) is 0 Å². The number of rotatable bonds is 7. The van der Waals surface area contributed by atoms with Gasteiger partial charge in [0, 0.05) is 30.4 Å². The molecular weight excluding hydrogens is 286 g/mol. The molecule has 1 atom stereocenters. The summed E-state index contributed by atoms with van der Waals surface area (Å²) >= 11 is 0. The van der Waals surface area contributed by atoms with Crippen LogP contribution >= 0.6 is 0 Å². The molecule has 0 saturated heterocycles. The van der Waals surface area contributed by atoms with Gasteiger partial charge < -0.3 is 16.4 Å². The minimum atomic E-state index is -0.0253. The molecule has 1 amide bonds. The summed E-state index contributed by atoms with van der Waals surface area (Å²) in [6.45, 7) is 5.29. The van der Waals surface area contributed by atoms with E-state index in [9.17, 15) is 4.79 Å². The van der Waals surface area contributed by atoms with Crippen molar-refractivity contribution in [1.29, 1.82) is 0 Å². The van der Waals surface area contributed by atoms with Gasteiger partial charge in [0.25, 0.3) is 5.91 Å². The van der Waals surface area contributed by atoms with E-state index < -0.39 is 0 Å². The molecule has 0 bridgehead atoms. The molecule has 0 spiro atoms. The maximum absolute atomic E-state index is 11.9. The first-order valence-corrected chi connectivity index (χ1v) is 8.05. The number of hydrogen-bond acceptors (Lipinski definition) is 3. The van der Waals surface area contributed by atoms with Gasteiger partial charge in [-0.05, 0) is 49.6 Å².